The van der Waals surface area contributed by atoms with Gasteiger partial charge in [0.1, 0.15) is 38.8 Å². The Morgan fingerprint density at radius 1 is 1.15 bits per heavy atom. The maximum absolute atomic E-state index is 10.3. The molecule has 0 amide bonds. The van der Waals surface area contributed by atoms with Crippen LogP contribution >= 0.6 is 0 Å². The molecule has 144 valence electrons. The zero-order chi connectivity index (χ0) is 18.5. The molecule has 0 unspecified atom stereocenters. The minimum Gasteiger partial charge on any atom is -0.454 e. The predicted octanol–water partition coefficient (Wildman–Crippen LogP) is -0.488. The number of H-pyrrole nitrogens is 1. The Morgan fingerprint density at radius 3 is 2.81 bits per heavy atom. The van der Waals surface area contributed by atoms with Crippen molar-refractivity contribution in [3.63, 3.8) is 0 Å². The molecule has 2 aliphatic heterocycles. The summed E-state index contributed by atoms with van der Waals surface area (Å²) in [6.45, 7) is 5.80. The molecular formula is C20H27N3O4+2. The van der Waals surface area contributed by atoms with E-state index in [0.717, 1.165) is 49.1 Å². The van der Waals surface area contributed by atoms with Gasteiger partial charge in [-0.15, -0.1) is 0 Å². The number of ether oxygens (including phenoxy) is 3. The van der Waals surface area contributed by atoms with Gasteiger partial charge in [-0.3, -0.25) is 4.90 Å². The maximum Gasteiger partial charge on any atom is 0.274 e. The van der Waals surface area contributed by atoms with E-state index in [1.54, 1.807) is 0 Å². The fraction of sp³-hybridized carbons (Fsp3) is 0.450. The van der Waals surface area contributed by atoms with Crippen LogP contribution in [-0.2, 0) is 11.3 Å². The molecule has 4 rings (SSSR count). The lowest BCUT2D eigenvalue weighted by atomic mass is 10.2. The third-order valence-corrected chi connectivity index (χ3v) is 5.04. The monoisotopic (exact) mass is 373 g/mol. The summed E-state index contributed by atoms with van der Waals surface area (Å²) < 4.78 is 16.4. The Kier molecular flexibility index (Phi) is 5.72. The van der Waals surface area contributed by atoms with Crippen LogP contribution < -0.4 is 24.3 Å². The highest BCUT2D eigenvalue weighted by atomic mass is 16.7. The van der Waals surface area contributed by atoms with E-state index >= 15 is 0 Å². The largest absolute Gasteiger partial charge is 0.454 e. The number of pyridine rings is 1. The molecule has 0 spiro atoms. The summed E-state index contributed by atoms with van der Waals surface area (Å²) in [5.41, 5.74) is 1.02. The van der Waals surface area contributed by atoms with Crippen LogP contribution in [0.5, 0.6) is 11.5 Å². The Hall–Kier alpha value is -2.35. The number of aromatic amines is 1. The number of hydrogen-bond acceptors (Lipinski definition) is 5. The van der Waals surface area contributed by atoms with Crippen LogP contribution in [0.1, 0.15) is 5.56 Å². The van der Waals surface area contributed by atoms with Crippen molar-refractivity contribution < 1.29 is 29.2 Å². The van der Waals surface area contributed by atoms with E-state index in [-0.39, 0.29) is 6.79 Å². The average molecular weight is 373 g/mol. The van der Waals surface area contributed by atoms with Gasteiger partial charge in [-0.25, -0.2) is 4.98 Å². The number of piperazine rings is 1. The number of hydrogen-bond donors (Lipinski definition) is 2. The van der Waals surface area contributed by atoms with Crippen LogP contribution in [0, 0.1) is 0 Å². The van der Waals surface area contributed by atoms with Gasteiger partial charge < -0.3 is 24.2 Å². The van der Waals surface area contributed by atoms with Gasteiger partial charge in [0.05, 0.1) is 19.4 Å². The summed E-state index contributed by atoms with van der Waals surface area (Å²) in [7, 11) is 0. The minimum atomic E-state index is -0.455. The van der Waals surface area contributed by atoms with Gasteiger partial charge in [0, 0.05) is 6.07 Å². The molecule has 2 aliphatic rings. The molecule has 3 N–H and O–H groups in total. The zero-order valence-corrected chi connectivity index (χ0v) is 15.4. The van der Waals surface area contributed by atoms with Crippen molar-refractivity contribution in [2.75, 3.05) is 51.0 Å². The summed E-state index contributed by atoms with van der Waals surface area (Å²) in [4.78, 5) is 7.05. The fourth-order valence-corrected chi connectivity index (χ4v) is 3.58. The topological polar surface area (TPSA) is 69.7 Å². The molecule has 1 saturated heterocycles. The van der Waals surface area contributed by atoms with E-state index in [2.05, 4.69) is 16.0 Å². The third kappa shape index (κ3) is 4.68. The number of quaternary nitrogens is 1. The summed E-state index contributed by atoms with van der Waals surface area (Å²) in [6.07, 6.45) is 1.50. The molecule has 2 aromatic rings. The molecule has 7 nitrogen and oxygen atoms in total. The Morgan fingerprint density at radius 2 is 2.00 bits per heavy atom. The minimum absolute atomic E-state index is 0.275. The zero-order valence-electron chi connectivity index (χ0n) is 15.4. The van der Waals surface area contributed by atoms with E-state index < -0.39 is 6.10 Å². The van der Waals surface area contributed by atoms with Gasteiger partial charge in [-0.2, -0.15) is 0 Å². The van der Waals surface area contributed by atoms with Crippen molar-refractivity contribution in [2.45, 2.75) is 12.7 Å². The Labute approximate surface area is 159 Å². The normalized spacial score (nSPS) is 17.9. The van der Waals surface area contributed by atoms with Crippen LogP contribution in [0.3, 0.4) is 0 Å². The molecule has 3 heterocycles. The highest BCUT2D eigenvalue weighted by Crippen LogP contribution is 2.32. The summed E-state index contributed by atoms with van der Waals surface area (Å²) in [5.74, 6) is 2.69. The van der Waals surface area contributed by atoms with E-state index in [4.69, 9.17) is 14.2 Å². The van der Waals surface area contributed by atoms with Gasteiger partial charge in [-0.05, 0) is 23.8 Å². The van der Waals surface area contributed by atoms with Gasteiger partial charge in [-0.1, -0.05) is 12.1 Å². The number of aromatic nitrogens is 1. The first-order valence-electron chi connectivity index (χ1n) is 9.47. The number of nitrogens with one attached hydrogen (secondary N) is 2. The molecule has 7 heteroatoms. The standard InChI is InChI=1S/C20H25N3O4/c24-17(14-25-13-16-4-5-18-19(11-16)27-15-26-18)12-22-7-9-23(10-8-22)20-3-1-2-6-21-20/h1-6,11,17,24H,7-10,12-15H2/p+2/t17-/m1/s1. The van der Waals surface area contributed by atoms with Crippen LogP contribution in [0.4, 0.5) is 5.82 Å². The molecule has 27 heavy (non-hydrogen) atoms. The molecule has 0 bridgehead atoms. The smallest absolute Gasteiger partial charge is 0.274 e. The molecule has 1 atom stereocenters. The van der Waals surface area contributed by atoms with E-state index in [1.165, 1.54) is 4.90 Å². The fourth-order valence-electron chi connectivity index (χ4n) is 3.58. The second-order valence-corrected chi connectivity index (χ2v) is 7.05. The van der Waals surface area contributed by atoms with Crippen molar-refractivity contribution in [3.8, 4) is 11.5 Å². The molecule has 1 aromatic carbocycles. The first-order valence-corrected chi connectivity index (χ1v) is 9.47. The van der Waals surface area contributed by atoms with Crippen LogP contribution in [0.2, 0.25) is 0 Å². The summed E-state index contributed by atoms with van der Waals surface area (Å²) >= 11 is 0. The molecule has 1 fully saturated rings. The van der Waals surface area contributed by atoms with E-state index in [1.807, 2.05) is 36.5 Å². The highest BCUT2D eigenvalue weighted by Gasteiger charge is 2.27. The molecule has 1 aromatic heterocycles. The first-order chi connectivity index (χ1) is 13.3. The van der Waals surface area contributed by atoms with Gasteiger partial charge >= 0.3 is 0 Å². The summed E-state index contributed by atoms with van der Waals surface area (Å²) in [5, 5.41) is 10.3. The maximum atomic E-state index is 10.3. The van der Waals surface area contributed by atoms with Crippen LogP contribution in [-0.4, -0.2) is 57.3 Å². The SMILES string of the molecule is O[C@@H](COCc1ccc2c(c1)OCO2)C[NH+]1CCN(c2cccc[nH+]2)CC1. The van der Waals surface area contributed by atoms with Gasteiger partial charge in [0.2, 0.25) is 6.79 Å². The second kappa shape index (κ2) is 8.56. The number of nitrogens with zero attached hydrogens (tertiary/aromatic N) is 1. The van der Waals surface area contributed by atoms with Gasteiger partial charge in [0.25, 0.3) is 5.82 Å². The molecule has 0 aliphatic carbocycles. The number of aliphatic hydroxyl groups excluding tert-OH is 1. The lowest BCUT2D eigenvalue weighted by molar-refractivity contribution is -0.903. The number of benzene rings is 1. The van der Waals surface area contributed by atoms with E-state index in [9.17, 15) is 5.11 Å². The quantitative estimate of drug-likeness (QED) is 0.686. The highest BCUT2D eigenvalue weighted by molar-refractivity contribution is 5.44. The number of aliphatic hydroxyl groups is 1. The van der Waals surface area contributed by atoms with Crippen molar-refractivity contribution >= 4 is 5.82 Å². The number of fused-ring (bicyclic) bond motifs is 1. The Bertz CT molecular complexity index is 735. The number of anilines is 1. The average Bonchev–Trinajstić information content (AvgIpc) is 3.17. The van der Waals surface area contributed by atoms with Crippen LogP contribution in [0.15, 0.2) is 42.6 Å². The second-order valence-electron chi connectivity index (χ2n) is 7.05. The third-order valence-electron chi connectivity index (χ3n) is 5.04. The Balaban J connectivity index is 1.16. The van der Waals surface area contributed by atoms with E-state index in [0.29, 0.717) is 19.8 Å². The molecular weight excluding hydrogens is 346 g/mol. The van der Waals surface area contributed by atoms with Crippen LogP contribution in [0.25, 0.3) is 0 Å². The number of rotatable bonds is 7. The predicted molar refractivity (Wildman–Crippen MR) is 99.0 cm³/mol. The summed E-state index contributed by atoms with van der Waals surface area (Å²) in [6, 6.07) is 11.9. The lowest BCUT2D eigenvalue weighted by Crippen LogP contribution is -3.16. The lowest BCUT2D eigenvalue weighted by Gasteiger charge is -2.29. The molecule has 0 radical (unpaired) electrons. The van der Waals surface area contributed by atoms with Crippen molar-refractivity contribution in [2.24, 2.45) is 0 Å². The first kappa shape index (κ1) is 18.0. The van der Waals surface area contributed by atoms with Crippen molar-refractivity contribution in [1.29, 1.82) is 0 Å². The van der Waals surface area contributed by atoms with Gasteiger partial charge in [0.15, 0.2) is 11.5 Å². The molecule has 0 saturated carbocycles. The van der Waals surface area contributed by atoms with Crippen molar-refractivity contribution in [3.05, 3.63) is 48.2 Å². The van der Waals surface area contributed by atoms with Crippen molar-refractivity contribution in [1.82, 2.24) is 0 Å².